The fourth-order valence-electron chi connectivity index (χ4n) is 1.61. The molecule has 4 nitrogen and oxygen atoms in total. The smallest absolute Gasteiger partial charge is 0.147 e. The molecule has 0 aliphatic rings. The number of hydrogen-bond acceptors (Lipinski definition) is 6. The molecule has 3 aromatic heterocycles. The molecule has 3 aromatic rings. The Labute approximate surface area is 106 Å². The van der Waals surface area contributed by atoms with Crippen LogP contribution in [0.2, 0.25) is 0 Å². The summed E-state index contributed by atoms with van der Waals surface area (Å²) >= 11 is 3.29. The first-order chi connectivity index (χ1) is 8.34. The highest BCUT2D eigenvalue weighted by Gasteiger charge is 2.11. The molecule has 0 saturated heterocycles. The Kier molecular flexibility index (Phi) is 2.74. The molecule has 0 fully saturated rings. The van der Waals surface area contributed by atoms with Crippen molar-refractivity contribution in [2.24, 2.45) is 0 Å². The van der Waals surface area contributed by atoms with Gasteiger partial charge in [0.05, 0.1) is 16.3 Å². The Morgan fingerprint density at radius 2 is 2.12 bits per heavy atom. The molecule has 0 radical (unpaired) electrons. The van der Waals surface area contributed by atoms with Crippen LogP contribution in [0.25, 0.3) is 10.2 Å². The zero-order valence-corrected chi connectivity index (χ0v) is 10.8. The number of nitrogens with one attached hydrogen (secondary N) is 1. The van der Waals surface area contributed by atoms with Gasteiger partial charge >= 0.3 is 0 Å². The van der Waals surface area contributed by atoms with E-state index < -0.39 is 0 Å². The van der Waals surface area contributed by atoms with E-state index in [1.165, 1.54) is 0 Å². The molecule has 0 spiro atoms. The number of thiophene rings is 1. The summed E-state index contributed by atoms with van der Waals surface area (Å²) in [6.45, 7) is 2.08. The van der Waals surface area contributed by atoms with E-state index in [9.17, 15) is 0 Å². The minimum absolute atomic E-state index is 0.162. The normalized spacial score (nSPS) is 12.8. The molecule has 0 aromatic carbocycles. The van der Waals surface area contributed by atoms with E-state index in [1.807, 2.05) is 23.0 Å². The number of anilines is 1. The molecule has 86 valence electrons. The molecular formula is C11H10N4S2. The van der Waals surface area contributed by atoms with Gasteiger partial charge in [-0.25, -0.2) is 15.0 Å². The summed E-state index contributed by atoms with van der Waals surface area (Å²) in [5.74, 6) is 0.882. The summed E-state index contributed by atoms with van der Waals surface area (Å²) in [7, 11) is 0. The maximum absolute atomic E-state index is 4.30. The summed E-state index contributed by atoms with van der Waals surface area (Å²) in [5.41, 5.74) is 0.985. The van der Waals surface area contributed by atoms with Gasteiger partial charge < -0.3 is 5.32 Å². The molecule has 0 saturated carbocycles. The van der Waals surface area contributed by atoms with Crippen LogP contribution in [0.5, 0.6) is 0 Å². The number of rotatable bonds is 3. The molecule has 1 N–H and O–H groups in total. The van der Waals surface area contributed by atoms with Gasteiger partial charge in [0.1, 0.15) is 17.2 Å². The zero-order valence-electron chi connectivity index (χ0n) is 9.12. The SMILES string of the molecule is CC(Nc1ncnc2ccsc12)c1nccs1. The zero-order chi connectivity index (χ0) is 11.7. The summed E-state index contributed by atoms with van der Waals surface area (Å²) in [6, 6.07) is 2.16. The van der Waals surface area contributed by atoms with Crippen molar-refractivity contribution in [2.75, 3.05) is 5.32 Å². The van der Waals surface area contributed by atoms with Crippen molar-refractivity contribution in [3.63, 3.8) is 0 Å². The Bertz CT molecular complexity index is 617. The van der Waals surface area contributed by atoms with Crippen LogP contribution in [-0.2, 0) is 0 Å². The van der Waals surface area contributed by atoms with Crippen LogP contribution >= 0.6 is 22.7 Å². The third kappa shape index (κ3) is 2.01. The quantitative estimate of drug-likeness (QED) is 0.786. The molecule has 1 atom stereocenters. The van der Waals surface area contributed by atoms with Crippen molar-refractivity contribution in [2.45, 2.75) is 13.0 Å². The highest BCUT2D eigenvalue weighted by Crippen LogP contribution is 2.28. The van der Waals surface area contributed by atoms with E-state index in [0.717, 1.165) is 21.0 Å². The van der Waals surface area contributed by atoms with Gasteiger partial charge in [0.25, 0.3) is 0 Å². The largest absolute Gasteiger partial charge is 0.360 e. The molecule has 6 heteroatoms. The molecule has 1 unspecified atom stereocenters. The number of hydrogen-bond donors (Lipinski definition) is 1. The van der Waals surface area contributed by atoms with E-state index in [-0.39, 0.29) is 6.04 Å². The minimum Gasteiger partial charge on any atom is -0.360 e. The van der Waals surface area contributed by atoms with Gasteiger partial charge in [0, 0.05) is 11.6 Å². The molecule has 0 aliphatic heterocycles. The van der Waals surface area contributed by atoms with Crippen molar-refractivity contribution < 1.29 is 0 Å². The van der Waals surface area contributed by atoms with Crippen LogP contribution in [0.15, 0.2) is 29.4 Å². The van der Waals surface area contributed by atoms with Crippen LogP contribution in [0.4, 0.5) is 5.82 Å². The minimum atomic E-state index is 0.162. The lowest BCUT2D eigenvalue weighted by Crippen LogP contribution is -2.07. The van der Waals surface area contributed by atoms with Gasteiger partial charge in [-0.2, -0.15) is 0 Å². The summed E-state index contributed by atoms with van der Waals surface area (Å²) in [6.07, 6.45) is 3.41. The maximum Gasteiger partial charge on any atom is 0.147 e. The number of fused-ring (bicyclic) bond motifs is 1. The van der Waals surface area contributed by atoms with Crippen LogP contribution in [0.3, 0.4) is 0 Å². The molecule has 17 heavy (non-hydrogen) atoms. The first-order valence-electron chi connectivity index (χ1n) is 5.19. The lowest BCUT2D eigenvalue weighted by atomic mass is 10.3. The van der Waals surface area contributed by atoms with Crippen LogP contribution < -0.4 is 5.32 Å². The van der Waals surface area contributed by atoms with Crippen molar-refractivity contribution >= 4 is 38.7 Å². The van der Waals surface area contributed by atoms with E-state index in [2.05, 4.69) is 27.2 Å². The number of nitrogens with zero attached hydrogens (tertiary/aromatic N) is 3. The molecule has 0 bridgehead atoms. The lowest BCUT2D eigenvalue weighted by Gasteiger charge is -2.11. The monoisotopic (exact) mass is 262 g/mol. The van der Waals surface area contributed by atoms with E-state index >= 15 is 0 Å². The van der Waals surface area contributed by atoms with Gasteiger partial charge in [-0.15, -0.1) is 22.7 Å². The molecule has 3 heterocycles. The number of aromatic nitrogens is 3. The van der Waals surface area contributed by atoms with Crippen molar-refractivity contribution in [1.82, 2.24) is 15.0 Å². The molecule has 0 amide bonds. The van der Waals surface area contributed by atoms with E-state index in [0.29, 0.717) is 0 Å². The van der Waals surface area contributed by atoms with Crippen molar-refractivity contribution in [3.8, 4) is 0 Å². The predicted octanol–water partition coefficient (Wildman–Crippen LogP) is 3.32. The Morgan fingerprint density at radius 1 is 1.18 bits per heavy atom. The van der Waals surface area contributed by atoms with Gasteiger partial charge in [0.15, 0.2) is 0 Å². The van der Waals surface area contributed by atoms with E-state index in [1.54, 1.807) is 29.0 Å². The van der Waals surface area contributed by atoms with Crippen LogP contribution in [0.1, 0.15) is 18.0 Å². The second-order valence-electron chi connectivity index (χ2n) is 3.59. The average Bonchev–Trinajstić information content (AvgIpc) is 3.00. The van der Waals surface area contributed by atoms with Crippen molar-refractivity contribution in [1.29, 1.82) is 0 Å². The van der Waals surface area contributed by atoms with Gasteiger partial charge in [-0.05, 0) is 18.4 Å². The second kappa shape index (κ2) is 4.38. The standard InChI is InChI=1S/C11H10N4S2/c1-7(11-12-3-5-17-11)15-10-9-8(2-4-16-9)13-6-14-10/h2-7H,1H3,(H,13,14,15). The number of thiazole rings is 1. The Balaban J connectivity index is 1.92. The predicted molar refractivity (Wildman–Crippen MR) is 71.6 cm³/mol. The average molecular weight is 262 g/mol. The summed E-state index contributed by atoms with van der Waals surface area (Å²) in [4.78, 5) is 12.8. The Hall–Kier alpha value is -1.53. The molecule has 3 rings (SSSR count). The molecule has 0 aliphatic carbocycles. The van der Waals surface area contributed by atoms with Crippen LogP contribution in [-0.4, -0.2) is 15.0 Å². The Morgan fingerprint density at radius 3 is 2.94 bits per heavy atom. The van der Waals surface area contributed by atoms with Gasteiger partial charge in [-0.3, -0.25) is 0 Å². The fourth-order valence-corrected chi connectivity index (χ4v) is 3.05. The second-order valence-corrected chi connectivity index (χ2v) is 5.44. The first-order valence-corrected chi connectivity index (χ1v) is 6.94. The fraction of sp³-hybridized carbons (Fsp3) is 0.182. The highest BCUT2D eigenvalue weighted by molar-refractivity contribution is 7.17. The topological polar surface area (TPSA) is 50.7 Å². The van der Waals surface area contributed by atoms with E-state index in [4.69, 9.17) is 0 Å². The third-order valence-electron chi connectivity index (χ3n) is 2.42. The summed E-state index contributed by atoms with van der Waals surface area (Å²) < 4.78 is 1.09. The molecular weight excluding hydrogens is 252 g/mol. The van der Waals surface area contributed by atoms with Gasteiger partial charge in [0.2, 0.25) is 0 Å². The first kappa shape index (κ1) is 10.6. The maximum atomic E-state index is 4.30. The highest BCUT2D eigenvalue weighted by atomic mass is 32.1. The third-order valence-corrected chi connectivity index (χ3v) is 4.29. The van der Waals surface area contributed by atoms with Gasteiger partial charge in [-0.1, -0.05) is 0 Å². The van der Waals surface area contributed by atoms with Crippen molar-refractivity contribution in [3.05, 3.63) is 34.4 Å². The summed E-state index contributed by atoms with van der Waals surface area (Å²) in [5, 5.41) is 8.45. The van der Waals surface area contributed by atoms with Crippen LogP contribution in [0, 0.1) is 0 Å². The lowest BCUT2D eigenvalue weighted by molar-refractivity contribution is 0.862.